The number of carbonyl (C=O) groups is 2. The first kappa shape index (κ1) is 23.2. The summed E-state index contributed by atoms with van der Waals surface area (Å²) in [6, 6.07) is 13.3. The van der Waals surface area contributed by atoms with Gasteiger partial charge < -0.3 is 9.64 Å². The molecule has 3 heterocycles. The van der Waals surface area contributed by atoms with E-state index >= 15 is 0 Å². The molecule has 2 aliphatic rings. The zero-order valence-electron chi connectivity index (χ0n) is 19.1. The van der Waals surface area contributed by atoms with Gasteiger partial charge in [0.1, 0.15) is 0 Å². The Kier molecular flexibility index (Phi) is 6.83. The van der Waals surface area contributed by atoms with Gasteiger partial charge in [-0.05, 0) is 30.7 Å². The number of carbonyl (C=O) groups excluding carboxylic acids is 2. The Hall–Kier alpha value is -2.52. The second kappa shape index (κ2) is 10.00. The third-order valence-electron chi connectivity index (χ3n) is 6.47. The van der Waals surface area contributed by atoms with Gasteiger partial charge in [0.05, 0.1) is 34.4 Å². The first-order chi connectivity index (χ1) is 16.5. The molecule has 1 atom stereocenters. The molecule has 2 fully saturated rings. The zero-order chi connectivity index (χ0) is 23.7. The number of benzene rings is 2. The predicted octanol–water partition coefficient (Wildman–Crippen LogP) is 3.98. The van der Waals surface area contributed by atoms with Crippen LogP contribution in [0.2, 0.25) is 5.02 Å². The maximum Gasteiger partial charge on any atom is 0.234 e. The van der Waals surface area contributed by atoms with Gasteiger partial charge in [-0.3, -0.25) is 19.4 Å². The van der Waals surface area contributed by atoms with E-state index in [1.54, 1.807) is 9.80 Å². The summed E-state index contributed by atoms with van der Waals surface area (Å²) in [5.74, 6) is -0.505. The van der Waals surface area contributed by atoms with Crippen molar-refractivity contribution in [3.63, 3.8) is 0 Å². The predicted molar refractivity (Wildman–Crippen MR) is 136 cm³/mol. The summed E-state index contributed by atoms with van der Waals surface area (Å²) in [4.78, 5) is 37.2. The summed E-state index contributed by atoms with van der Waals surface area (Å²) in [6.45, 7) is 6.69. The fourth-order valence-corrected chi connectivity index (χ4v) is 5.87. The number of amides is 2. The monoisotopic (exact) mass is 498 g/mol. The summed E-state index contributed by atoms with van der Waals surface area (Å²) in [7, 11) is 0. The lowest BCUT2D eigenvalue weighted by atomic mass is 10.1. The standard InChI is InChI=1S/C25H27ClN4O3S/c1-17-7-8-20(26)23-22(17)27-25(34-23)29(10-9-28-11-13-33-14-12-28)24(32)18-15-21(31)30(16-18)19-5-3-2-4-6-19/h2-8,18H,9-16H2,1H3. The number of anilines is 2. The molecule has 7 nitrogen and oxygen atoms in total. The summed E-state index contributed by atoms with van der Waals surface area (Å²) in [6.07, 6.45) is 0.201. The van der Waals surface area contributed by atoms with Crippen LogP contribution in [0.5, 0.6) is 0 Å². The first-order valence-corrected chi connectivity index (χ1v) is 12.7. The number of fused-ring (bicyclic) bond motifs is 1. The molecule has 3 aromatic rings. The Labute approximate surface area is 207 Å². The first-order valence-electron chi connectivity index (χ1n) is 11.5. The van der Waals surface area contributed by atoms with Crippen molar-refractivity contribution < 1.29 is 14.3 Å². The molecule has 1 aromatic heterocycles. The Morgan fingerprint density at radius 1 is 1.21 bits per heavy atom. The molecular formula is C25H27ClN4O3S. The number of hydrogen-bond acceptors (Lipinski definition) is 6. The number of aryl methyl sites for hydroxylation is 1. The SMILES string of the molecule is Cc1ccc(Cl)c2sc(N(CCN3CCOCC3)C(=O)C3CC(=O)N(c4ccccc4)C3)nc12. The number of thiazole rings is 1. The van der Waals surface area contributed by atoms with Crippen LogP contribution < -0.4 is 9.80 Å². The molecule has 0 saturated carbocycles. The van der Waals surface area contributed by atoms with E-state index in [1.165, 1.54) is 11.3 Å². The number of nitrogens with zero attached hydrogens (tertiary/aromatic N) is 4. The minimum Gasteiger partial charge on any atom is -0.379 e. The van der Waals surface area contributed by atoms with Crippen molar-refractivity contribution in [3.8, 4) is 0 Å². The van der Waals surface area contributed by atoms with E-state index in [0.717, 1.165) is 41.1 Å². The van der Waals surface area contributed by atoms with Crippen LogP contribution in [0.1, 0.15) is 12.0 Å². The van der Waals surface area contributed by atoms with Gasteiger partial charge in [0.25, 0.3) is 0 Å². The lowest BCUT2D eigenvalue weighted by Gasteiger charge is -2.30. The molecule has 2 saturated heterocycles. The smallest absolute Gasteiger partial charge is 0.234 e. The molecule has 5 rings (SSSR count). The second-order valence-corrected chi connectivity index (χ2v) is 10.1. The quantitative estimate of drug-likeness (QED) is 0.514. The van der Waals surface area contributed by atoms with E-state index in [9.17, 15) is 9.59 Å². The van der Waals surface area contributed by atoms with Gasteiger partial charge in [-0.25, -0.2) is 4.98 Å². The van der Waals surface area contributed by atoms with Crippen LogP contribution in [-0.2, 0) is 14.3 Å². The van der Waals surface area contributed by atoms with Gasteiger partial charge in [0, 0.05) is 44.8 Å². The minimum absolute atomic E-state index is 0.0270. The Bertz CT molecular complexity index is 1160. The van der Waals surface area contributed by atoms with E-state index in [4.69, 9.17) is 21.3 Å². The normalized spacial score (nSPS) is 19.2. The number of aromatic nitrogens is 1. The molecule has 2 aliphatic heterocycles. The summed E-state index contributed by atoms with van der Waals surface area (Å²) in [5.41, 5.74) is 2.67. The van der Waals surface area contributed by atoms with Crippen molar-refractivity contribution >= 4 is 55.8 Å². The topological polar surface area (TPSA) is 66.0 Å². The Balaban J connectivity index is 1.42. The number of ether oxygens (including phenoxy) is 1. The summed E-state index contributed by atoms with van der Waals surface area (Å²) in [5, 5.41) is 1.27. The van der Waals surface area contributed by atoms with Crippen LogP contribution in [-0.4, -0.2) is 67.6 Å². The summed E-state index contributed by atoms with van der Waals surface area (Å²) >= 11 is 7.89. The molecular weight excluding hydrogens is 472 g/mol. The van der Waals surface area contributed by atoms with Gasteiger partial charge in [-0.2, -0.15) is 0 Å². The molecule has 1 unspecified atom stereocenters. The Morgan fingerprint density at radius 2 is 1.97 bits per heavy atom. The van der Waals surface area contributed by atoms with E-state index in [-0.39, 0.29) is 18.2 Å². The average molecular weight is 499 g/mol. The van der Waals surface area contributed by atoms with E-state index in [1.807, 2.05) is 49.4 Å². The third kappa shape index (κ3) is 4.68. The molecule has 0 radical (unpaired) electrons. The molecule has 178 valence electrons. The van der Waals surface area contributed by atoms with E-state index in [2.05, 4.69) is 4.90 Å². The number of morpholine rings is 1. The lowest BCUT2D eigenvalue weighted by Crippen LogP contribution is -2.45. The van der Waals surface area contributed by atoms with Crippen LogP contribution in [0.3, 0.4) is 0 Å². The van der Waals surface area contributed by atoms with Crippen molar-refractivity contribution in [2.24, 2.45) is 5.92 Å². The van der Waals surface area contributed by atoms with Gasteiger partial charge in [0.2, 0.25) is 11.8 Å². The second-order valence-electron chi connectivity index (χ2n) is 8.72. The van der Waals surface area contributed by atoms with Crippen molar-refractivity contribution in [2.75, 3.05) is 55.7 Å². The molecule has 2 aromatic carbocycles. The van der Waals surface area contributed by atoms with Crippen molar-refractivity contribution in [1.82, 2.24) is 9.88 Å². The third-order valence-corrected chi connectivity index (χ3v) is 8.01. The maximum absolute atomic E-state index is 13.8. The summed E-state index contributed by atoms with van der Waals surface area (Å²) < 4.78 is 6.35. The van der Waals surface area contributed by atoms with Crippen molar-refractivity contribution in [3.05, 3.63) is 53.1 Å². The molecule has 0 aliphatic carbocycles. The minimum atomic E-state index is -0.416. The van der Waals surface area contributed by atoms with Crippen LogP contribution in [0.25, 0.3) is 10.2 Å². The average Bonchev–Trinajstić information content (AvgIpc) is 3.48. The lowest BCUT2D eigenvalue weighted by molar-refractivity contribution is -0.124. The fraction of sp³-hybridized carbons (Fsp3) is 0.400. The molecule has 9 heteroatoms. The highest BCUT2D eigenvalue weighted by atomic mass is 35.5. The van der Waals surface area contributed by atoms with Gasteiger partial charge in [0.15, 0.2) is 5.13 Å². The molecule has 0 N–H and O–H groups in total. The van der Waals surface area contributed by atoms with Crippen LogP contribution >= 0.6 is 22.9 Å². The number of halogens is 1. The number of hydrogen-bond donors (Lipinski definition) is 0. The van der Waals surface area contributed by atoms with Gasteiger partial charge in [-0.1, -0.05) is 47.2 Å². The van der Waals surface area contributed by atoms with E-state index in [0.29, 0.717) is 36.5 Å². The number of rotatable bonds is 6. The molecule has 0 spiro atoms. The molecule has 0 bridgehead atoms. The highest BCUT2D eigenvalue weighted by Gasteiger charge is 2.38. The largest absolute Gasteiger partial charge is 0.379 e. The van der Waals surface area contributed by atoms with Gasteiger partial charge in [-0.15, -0.1) is 0 Å². The molecule has 34 heavy (non-hydrogen) atoms. The van der Waals surface area contributed by atoms with E-state index < -0.39 is 5.92 Å². The zero-order valence-corrected chi connectivity index (χ0v) is 20.6. The van der Waals surface area contributed by atoms with Crippen LogP contribution in [0, 0.1) is 12.8 Å². The van der Waals surface area contributed by atoms with Crippen molar-refractivity contribution in [1.29, 1.82) is 0 Å². The highest BCUT2D eigenvalue weighted by molar-refractivity contribution is 7.23. The van der Waals surface area contributed by atoms with Crippen LogP contribution in [0.15, 0.2) is 42.5 Å². The maximum atomic E-state index is 13.8. The highest BCUT2D eigenvalue weighted by Crippen LogP contribution is 2.37. The molecule has 2 amide bonds. The Morgan fingerprint density at radius 3 is 2.71 bits per heavy atom. The van der Waals surface area contributed by atoms with Gasteiger partial charge >= 0.3 is 0 Å². The fourth-order valence-electron chi connectivity index (χ4n) is 4.52. The van der Waals surface area contributed by atoms with Crippen LogP contribution in [0.4, 0.5) is 10.8 Å². The number of para-hydroxylation sites is 1. The van der Waals surface area contributed by atoms with Crippen molar-refractivity contribution in [2.45, 2.75) is 13.3 Å².